The molecule has 118 valence electrons. The van der Waals surface area contributed by atoms with Gasteiger partial charge in [0.1, 0.15) is 23.7 Å². The second kappa shape index (κ2) is 4.97. The summed E-state index contributed by atoms with van der Waals surface area (Å²) in [6.45, 7) is 1.96. The van der Waals surface area contributed by atoms with Crippen molar-refractivity contribution in [1.29, 1.82) is 0 Å². The number of hydrogen-bond donors (Lipinski definition) is 1. The summed E-state index contributed by atoms with van der Waals surface area (Å²) in [5.41, 5.74) is 1.10. The number of hydrogen-bond acceptors (Lipinski definition) is 4. The lowest BCUT2D eigenvalue weighted by molar-refractivity contribution is -0.123. The van der Waals surface area contributed by atoms with Gasteiger partial charge >= 0.3 is 0 Å². The standard InChI is InChI=1S/C16H14F2N4O/c1-8-2-12-14(13(23)3-8)15(22-16(21-12)19-7-20-22)9-4-10(17)6-11(18)5-9/h2,4-8,14-15H,3H2,1H3,(H,19,20,21)/t8-,14+,15+/m0/s1. The fraction of sp³-hybridized carbons (Fsp3) is 0.312. The Kier molecular flexibility index (Phi) is 3.04. The van der Waals surface area contributed by atoms with Gasteiger partial charge in [-0.25, -0.2) is 13.5 Å². The Labute approximate surface area is 131 Å². The average Bonchev–Trinajstić information content (AvgIpc) is 2.91. The van der Waals surface area contributed by atoms with Crippen LogP contribution >= 0.6 is 0 Å². The zero-order chi connectivity index (χ0) is 16.1. The van der Waals surface area contributed by atoms with E-state index in [4.69, 9.17) is 0 Å². The van der Waals surface area contributed by atoms with E-state index in [0.717, 1.165) is 11.8 Å². The maximum atomic E-state index is 13.7. The van der Waals surface area contributed by atoms with Crippen molar-refractivity contribution in [1.82, 2.24) is 14.8 Å². The van der Waals surface area contributed by atoms with Gasteiger partial charge in [-0.15, -0.1) is 0 Å². The second-order valence-corrected chi connectivity index (χ2v) is 6.05. The molecule has 7 heteroatoms. The maximum absolute atomic E-state index is 13.7. The summed E-state index contributed by atoms with van der Waals surface area (Å²) in [7, 11) is 0. The number of benzene rings is 1. The highest BCUT2D eigenvalue weighted by atomic mass is 19.1. The zero-order valence-electron chi connectivity index (χ0n) is 12.3. The molecule has 3 atom stereocenters. The number of nitrogens with one attached hydrogen (secondary N) is 1. The Morgan fingerprint density at radius 1 is 1.26 bits per heavy atom. The number of halogens is 2. The normalized spacial score (nSPS) is 26.1. The highest BCUT2D eigenvalue weighted by molar-refractivity contribution is 5.87. The van der Waals surface area contributed by atoms with Crippen LogP contribution in [-0.2, 0) is 4.79 Å². The van der Waals surface area contributed by atoms with Gasteiger partial charge in [0.25, 0.3) is 0 Å². The summed E-state index contributed by atoms with van der Waals surface area (Å²) in [4.78, 5) is 16.7. The van der Waals surface area contributed by atoms with Crippen LogP contribution in [0, 0.1) is 23.5 Å². The van der Waals surface area contributed by atoms with Crippen molar-refractivity contribution in [3.05, 3.63) is 53.5 Å². The van der Waals surface area contributed by atoms with Crippen LogP contribution in [0.4, 0.5) is 14.7 Å². The van der Waals surface area contributed by atoms with Gasteiger partial charge in [-0.1, -0.05) is 13.0 Å². The third-order valence-electron chi connectivity index (χ3n) is 4.30. The van der Waals surface area contributed by atoms with Crippen LogP contribution in [0.5, 0.6) is 0 Å². The van der Waals surface area contributed by atoms with Gasteiger partial charge < -0.3 is 5.32 Å². The molecule has 1 aliphatic heterocycles. The molecule has 0 amide bonds. The molecule has 0 fully saturated rings. The van der Waals surface area contributed by atoms with Crippen LogP contribution in [0.25, 0.3) is 0 Å². The fourth-order valence-corrected chi connectivity index (χ4v) is 3.45. The van der Waals surface area contributed by atoms with Crippen LogP contribution in [0.1, 0.15) is 24.9 Å². The van der Waals surface area contributed by atoms with Crippen LogP contribution in [0.2, 0.25) is 0 Å². The van der Waals surface area contributed by atoms with E-state index in [-0.39, 0.29) is 11.7 Å². The summed E-state index contributed by atoms with van der Waals surface area (Å²) < 4.78 is 28.9. The van der Waals surface area contributed by atoms with Crippen molar-refractivity contribution in [2.75, 3.05) is 5.32 Å². The van der Waals surface area contributed by atoms with E-state index >= 15 is 0 Å². The Morgan fingerprint density at radius 2 is 2.00 bits per heavy atom. The number of fused-ring (bicyclic) bond motifs is 2. The second-order valence-electron chi connectivity index (χ2n) is 6.05. The first-order chi connectivity index (χ1) is 11.0. The van der Waals surface area contributed by atoms with Crippen LogP contribution in [-0.4, -0.2) is 20.5 Å². The average molecular weight is 316 g/mol. The third kappa shape index (κ3) is 2.23. The predicted octanol–water partition coefficient (Wildman–Crippen LogP) is 2.68. The Morgan fingerprint density at radius 3 is 2.74 bits per heavy atom. The summed E-state index contributed by atoms with van der Waals surface area (Å²) in [5.74, 6) is -1.30. The highest BCUT2D eigenvalue weighted by Crippen LogP contribution is 2.42. The molecule has 0 spiro atoms. The van der Waals surface area contributed by atoms with E-state index in [9.17, 15) is 13.6 Å². The number of nitrogens with zero attached hydrogens (tertiary/aromatic N) is 3. The zero-order valence-corrected chi connectivity index (χ0v) is 12.3. The van der Waals surface area contributed by atoms with Gasteiger partial charge in [0.2, 0.25) is 5.95 Å². The van der Waals surface area contributed by atoms with Gasteiger partial charge in [-0.05, 0) is 23.6 Å². The molecule has 2 aliphatic rings. The van der Waals surface area contributed by atoms with Crippen molar-refractivity contribution in [2.24, 2.45) is 11.8 Å². The minimum Gasteiger partial charge on any atom is -0.328 e. The molecule has 1 N–H and O–H groups in total. The van der Waals surface area contributed by atoms with E-state index in [1.165, 1.54) is 23.1 Å². The first kappa shape index (κ1) is 14.0. The molecule has 1 aliphatic carbocycles. The van der Waals surface area contributed by atoms with Gasteiger partial charge in [-0.3, -0.25) is 4.79 Å². The molecule has 0 saturated heterocycles. The summed E-state index contributed by atoms with van der Waals surface area (Å²) in [5, 5.41) is 7.25. The predicted molar refractivity (Wildman–Crippen MR) is 78.5 cm³/mol. The molecular weight excluding hydrogens is 302 g/mol. The smallest absolute Gasteiger partial charge is 0.226 e. The number of aromatic nitrogens is 3. The number of Topliss-reactive ketones (excluding diaryl/α,β-unsaturated/α-hetero) is 1. The molecule has 0 radical (unpaired) electrons. The van der Waals surface area contributed by atoms with Crippen molar-refractivity contribution >= 4 is 11.7 Å². The van der Waals surface area contributed by atoms with Crippen LogP contribution < -0.4 is 5.32 Å². The quantitative estimate of drug-likeness (QED) is 0.879. The lowest BCUT2D eigenvalue weighted by Gasteiger charge is -2.37. The molecule has 0 saturated carbocycles. The molecular formula is C16H14F2N4O. The number of anilines is 1. The summed E-state index contributed by atoms with van der Waals surface area (Å²) in [6.07, 6.45) is 3.73. The topological polar surface area (TPSA) is 59.8 Å². The van der Waals surface area contributed by atoms with Crippen LogP contribution in [0.15, 0.2) is 36.3 Å². The Hall–Kier alpha value is -2.57. The van der Waals surface area contributed by atoms with Gasteiger partial charge in [0.05, 0.1) is 12.0 Å². The van der Waals surface area contributed by atoms with Gasteiger partial charge in [-0.2, -0.15) is 10.1 Å². The SMILES string of the molecule is C[C@H]1C=C2Nc3ncnn3[C@H](c3cc(F)cc(F)c3)[C@H]2C(=O)C1. The number of carbonyl (C=O) groups is 1. The molecule has 0 unspecified atom stereocenters. The number of allylic oxidation sites excluding steroid dienone is 2. The van der Waals surface area contributed by atoms with E-state index < -0.39 is 23.6 Å². The third-order valence-corrected chi connectivity index (χ3v) is 4.30. The first-order valence-electron chi connectivity index (χ1n) is 7.40. The van der Waals surface area contributed by atoms with Gasteiger partial charge in [0, 0.05) is 18.2 Å². The lowest BCUT2D eigenvalue weighted by atomic mass is 9.78. The monoisotopic (exact) mass is 316 g/mol. The van der Waals surface area contributed by atoms with E-state index in [1.807, 2.05) is 13.0 Å². The summed E-state index contributed by atoms with van der Waals surface area (Å²) in [6, 6.07) is 2.69. The molecule has 2 aromatic rings. The first-order valence-corrected chi connectivity index (χ1v) is 7.40. The molecule has 0 bridgehead atoms. The highest BCUT2D eigenvalue weighted by Gasteiger charge is 2.42. The Bertz CT molecular complexity index is 809. The van der Waals surface area contributed by atoms with E-state index in [1.54, 1.807) is 0 Å². The molecule has 5 nitrogen and oxygen atoms in total. The number of rotatable bonds is 1. The molecule has 1 aromatic heterocycles. The number of carbonyl (C=O) groups excluding carboxylic acids is 1. The molecule has 4 rings (SSSR count). The minimum absolute atomic E-state index is 0.0262. The van der Waals surface area contributed by atoms with Crippen LogP contribution in [0.3, 0.4) is 0 Å². The lowest BCUT2D eigenvalue weighted by Crippen LogP contribution is -2.40. The van der Waals surface area contributed by atoms with Gasteiger partial charge in [0.15, 0.2) is 0 Å². The minimum atomic E-state index is -0.678. The fourth-order valence-electron chi connectivity index (χ4n) is 3.45. The van der Waals surface area contributed by atoms with Crippen molar-refractivity contribution in [3.8, 4) is 0 Å². The molecule has 2 heterocycles. The Balaban J connectivity index is 1.92. The van der Waals surface area contributed by atoms with E-state index in [0.29, 0.717) is 17.9 Å². The number of ketones is 1. The maximum Gasteiger partial charge on any atom is 0.226 e. The van der Waals surface area contributed by atoms with Crippen molar-refractivity contribution in [3.63, 3.8) is 0 Å². The van der Waals surface area contributed by atoms with Crippen molar-refractivity contribution in [2.45, 2.75) is 19.4 Å². The molecule has 1 aromatic carbocycles. The van der Waals surface area contributed by atoms with Crippen molar-refractivity contribution < 1.29 is 13.6 Å². The van der Waals surface area contributed by atoms with E-state index in [2.05, 4.69) is 15.4 Å². The largest absolute Gasteiger partial charge is 0.328 e. The summed E-state index contributed by atoms with van der Waals surface area (Å²) >= 11 is 0. The molecule has 23 heavy (non-hydrogen) atoms.